The van der Waals surface area contributed by atoms with Gasteiger partial charge in [0.1, 0.15) is 0 Å². The monoisotopic (exact) mass is 244 g/mol. The van der Waals surface area contributed by atoms with Crippen LogP contribution in [0.15, 0.2) is 12.2 Å². The van der Waals surface area contributed by atoms with Crippen molar-refractivity contribution in [3.63, 3.8) is 0 Å². The maximum absolute atomic E-state index is 11.6. The first-order valence-electron chi connectivity index (χ1n) is 4.45. The number of hydrogen-bond donors (Lipinski definition) is 0. The van der Waals surface area contributed by atoms with Gasteiger partial charge >= 0.3 is 83.6 Å². The predicted molar refractivity (Wildman–Crippen MR) is 50.8 cm³/mol. The second-order valence-corrected chi connectivity index (χ2v) is 6.85. The van der Waals surface area contributed by atoms with Gasteiger partial charge in [0.25, 0.3) is 0 Å². The van der Waals surface area contributed by atoms with E-state index in [4.69, 9.17) is 0 Å². The average molecular weight is 243 g/mol. The third-order valence-corrected chi connectivity index (χ3v) is 6.94. The first kappa shape index (κ1) is 9.17. The molecule has 2 atom stereocenters. The number of allylic oxidation sites excluding steroid dienone is 2. The molecule has 0 aromatic heterocycles. The van der Waals surface area contributed by atoms with E-state index < -0.39 is 4.31 Å². The quantitative estimate of drug-likeness (QED) is 0.417. The first-order valence-corrected chi connectivity index (χ1v) is 6.30. The summed E-state index contributed by atoms with van der Waals surface area (Å²) in [6, 6.07) is 0. The summed E-state index contributed by atoms with van der Waals surface area (Å²) in [6.45, 7) is 3.13. The number of rotatable bonds is 2. The molecule has 3 heteroatoms. The molecule has 0 amide bonds. The molecular formula is C10H12O2Se. The SMILES string of the molecule is CC(=O)C1(C(C)=O)[Se][C@@H]2C=C[C@H]1C2. The molecule has 2 aliphatic rings. The van der Waals surface area contributed by atoms with Crippen molar-refractivity contribution < 1.29 is 9.59 Å². The minimum atomic E-state index is -0.591. The molecule has 0 spiro atoms. The minimum absolute atomic E-state index is 0.0804. The Morgan fingerprint density at radius 2 is 1.92 bits per heavy atom. The van der Waals surface area contributed by atoms with Crippen molar-refractivity contribution >= 4 is 26.5 Å². The normalized spacial score (nSPS) is 33.7. The van der Waals surface area contributed by atoms with Crippen LogP contribution in [-0.4, -0.2) is 26.5 Å². The van der Waals surface area contributed by atoms with E-state index in [9.17, 15) is 9.59 Å². The van der Waals surface area contributed by atoms with Crippen molar-refractivity contribution in [3.05, 3.63) is 12.2 Å². The number of carbonyl (C=O) groups is 2. The summed E-state index contributed by atoms with van der Waals surface area (Å²) in [7, 11) is 0. The van der Waals surface area contributed by atoms with Crippen LogP contribution in [0.3, 0.4) is 0 Å². The Balaban J connectivity index is 2.42. The number of Topliss-reactive ketones (excluding diaryl/α,β-unsaturated/α-hetero) is 2. The van der Waals surface area contributed by atoms with Crippen molar-refractivity contribution in [2.24, 2.45) is 5.92 Å². The summed E-state index contributed by atoms with van der Waals surface area (Å²) in [5.41, 5.74) is 0. The van der Waals surface area contributed by atoms with E-state index in [0.29, 0.717) is 4.82 Å². The summed E-state index contributed by atoms with van der Waals surface area (Å²) in [5.74, 6) is 0.376. The van der Waals surface area contributed by atoms with Gasteiger partial charge in [0, 0.05) is 0 Å². The molecule has 1 fully saturated rings. The molecule has 13 heavy (non-hydrogen) atoms. The zero-order valence-electron chi connectivity index (χ0n) is 7.74. The first-order chi connectivity index (χ1) is 6.07. The van der Waals surface area contributed by atoms with E-state index in [1.807, 2.05) is 0 Å². The standard InChI is InChI=1S/C10H12O2Se/c1-6(11)10(7(2)12)8-3-4-9(5-8)13-10/h3-4,8-9H,5H2,1-2H3/t8-,9+/m0/s1. The molecule has 0 aromatic rings. The van der Waals surface area contributed by atoms with Crippen LogP contribution >= 0.6 is 0 Å². The molecule has 2 rings (SSSR count). The number of ketones is 2. The molecule has 0 N–H and O–H groups in total. The summed E-state index contributed by atoms with van der Waals surface area (Å²) < 4.78 is -0.591. The summed E-state index contributed by atoms with van der Waals surface area (Å²) in [6.07, 6.45) is 5.27. The van der Waals surface area contributed by atoms with Crippen LogP contribution in [0.5, 0.6) is 0 Å². The number of fused-ring (bicyclic) bond motifs is 2. The fourth-order valence-corrected chi connectivity index (χ4v) is 5.74. The van der Waals surface area contributed by atoms with Crippen molar-refractivity contribution in [1.29, 1.82) is 0 Å². The Hall–Kier alpha value is -0.401. The van der Waals surface area contributed by atoms with Crippen molar-refractivity contribution in [2.45, 2.75) is 29.4 Å². The maximum atomic E-state index is 11.6. The second kappa shape index (κ2) is 2.79. The fraction of sp³-hybridized carbons (Fsp3) is 0.600. The van der Waals surface area contributed by atoms with Gasteiger partial charge in [0.15, 0.2) is 0 Å². The van der Waals surface area contributed by atoms with Gasteiger partial charge in [-0.25, -0.2) is 0 Å². The van der Waals surface area contributed by atoms with Gasteiger partial charge in [-0.05, 0) is 0 Å². The van der Waals surface area contributed by atoms with E-state index >= 15 is 0 Å². The van der Waals surface area contributed by atoms with E-state index in [1.165, 1.54) is 0 Å². The zero-order chi connectivity index (χ0) is 9.64. The van der Waals surface area contributed by atoms with Gasteiger partial charge in [-0.2, -0.15) is 0 Å². The van der Waals surface area contributed by atoms with Crippen LogP contribution in [-0.2, 0) is 9.59 Å². The summed E-state index contributed by atoms with van der Waals surface area (Å²) in [5, 5.41) is 0. The fourth-order valence-electron chi connectivity index (χ4n) is 2.32. The molecule has 2 bridgehead atoms. The second-order valence-electron chi connectivity index (χ2n) is 3.73. The molecular weight excluding hydrogens is 231 g/mol. The third-order valence-electron chi connectivity index (χ3n) is 2.95. The van der Waals surface area contributed by atoms with E-state index in [0.717, 1.165) is 6.42 Å². The van der Waals surface area contributed by atoms with Gasteiger partial charge in [0.05, 0.1) is 0 Å². The zero-order valence-corrected chi connectivity index (χ0v) is 9.45. The Morgan fingerprint density at radius 3 is 2.15 bits per heavy atom. The molecule has 2 nitrogen and oxygen atoms in total. The van der Waals surface area contributed by atoms with Gasteiger partial charge in [-0.3, -0.25) is 0 Å². The van der Waals surface area contributed by atoms with Crippen LogP contribution in [0.4, 0.5) is 0 Å². The van der Waals surface area contributed by atoms with Gasteiger partial charge in [-0.1, -0.05) is 0 Å². The Labute approximate surface area is 83.9 Å². The molecule has 1 saturated heterocycles. The Bertz CT molecular complexity index is 292. The van der Waals surface area contributed by atoms with Crippen LogP contribution in [0, 0.1) is 5.92 Å². The number of carbonyl (C=O) groups excluding carboxylic acids is 2. The molecule has 70 valence electrons. The number of hydrogen-bond acceptors (Lipinski definition) is 2. The summed E-state index contributed by atoms with van der Waals surface area (Å²) in [4.78, 5) is 23.7. The third kappa shape index (κ3) is 1.07. The van der Waals surface area contributed by atoms with Crippen molar-refractivity contribution in [2.75, 3.05) is 0 Å². The summed E-state index contributed by atoms with van der Waals surface area (Å²) >= 11 is 0.157. The topological polar surface area (TPSA) is 34.1 Å². The predicted octanol–water partition coefficient (Wildman–Crippen LogP) is 1.41. The molecule has 0 unspecified atom stereocenters. The molecule has 0 radical (unpaired) electrons. The molecule has 1 aliphatic carbocycles. The van der Waals surface area contributed by atoms with Crippen molar-refractivity contribution in [1.82, 2.24) is 0 Å². The van der Waals surface area contributed by atoms with Crippen LogP contribution in [0.1, 0.15) is 20.3 Å². The van der Waals surface area contributed by atoms with Gasteiger partial charge in [-0.15, -0.1) is 0 Å². The van der Waals surface area contributed by atoms with Crippen molar-refractivity contribution in [3.8, 4) is 0 Å². The van der Waals surface area contributed by atoms with Crippen LogP contribution in [0.25, 0.3) is 0 Å². The van der Waals surface area contributed by atoms with Crippen LogP contribution in [0.2, 0.25) is 9.13 Å². The van der Waals surface area contributed by atoms with Gasteiger partial charge in [0.2, 0.25) is 0 Å². The van der Waals surface area contributed by atoms with Crippen LogP contribution < -0.4 is 0 Å². The Morgan fingerprint density at radius 1 is 1.31 bits per heavy atom. The molecule has 1 heterocycles. The molecule has 0 aromatic carbocycles. The van der Waals surface area contributed by atoms with E-state index in [-0.39, 0.29) is 32.4 Å². The molecule has 1 aliphatic heterocycles. The molecule has 0 saturated carbocycles. The van der Waals surface area contributed by atoms with Gasteiger partial charge < -0.3 is 0 Å². The average Bonchev–Trinajstić information content (AvgIpc) is 2.61. The van der Waals surface area contributed by atoms with E-state index in [2.05, 4.69) is 12.2 Å². The van der Waals surface area contributed by atoms with E-state index in [1.54, 1.807) is 13.8 Å². The Kier molecular flexibility index (Phi) is 1.97.